The third kappa shape index (κ3) is 5.67. The van der Waals surface area contributed by atoms with E-state index < -0.39 is 0 Å². The van der Waals surface area contributed by atoms with Gasteiger partial charge in [-0.15, -0.1) is 10.2 Å². The second-order valence-electron chi connectivity index (χ2n) is 15.6. The van der Waals surface area contributed by atoms with E-state index in [4.69, 9.17) is 30.1 Å². The number of aromatic nitrogens is 8. The van der Waals surface area contributed by atoms with Crippen molar-refractivity contribution in [2.75, 3.05) is 0 Å². The van der Waals surface area contributed by atoms with Crippen molar-refractivity contribution in [2.24, 2.45) is 0 Å². The van der Waals surface area contributed by atoms with E-state index in [1.807, 2.05) is 60.7 Å². The van der Waals surface area contributed by atoms with Gasteiger partial charge in [-0.05, 0) is 36.4 Å². The summed E-state index contributed by atoms with van der Waals surface area (Å²) < 4.78 is 4.36. The van der Waals surface area contributed by atoms with Crippen LogP contribution in [0.2, 0.25) is 0 Å². The molecule has 8 nitrogen and oxygen atoms in total. The maximum atomic E-state index is 5.28. The largest absolute Gasteiger partial charge is 0.278 e. The second-order valence-corrected chi connectivity index (χ2v) is 16.6. The van der Waals surface area contributed by atoms with Gasteiger partial charge in [0.2, 0.25) is 11.9 Å². The van der Waals surface area contributed by atoms with Crippen LogP contribution in [0.4, 0.5) is 0 Å². The minimum absolute atomic E-state index is 0.615. The zero-order chi connectivity index (χ0) is 41.4. The van der Waals surface area contributed by atoms with Crippen molar-refractivity contribution in [3.8, 4) is 55.6 Å². The van der Waals surface area contributed by atoms with Gasteiger partial charge in [0.05, 0.1) is 44.5 Å². The van der Waals surface area contributed by atoms with Crippen LogP contribution in [0.3, 0.4) is 0 Å². The molecule has 5 aromatic heterocycles. The summed E-state index contributed by atoms with van der Waals surface area (Å²) in [6.45, 7) is 0. The predicted molar refractivity (Wildman–Crippen MR) is 257 cm³/mol. The van der Waals surface area contributed by atoms with Gasteiger partial charge in [-0.3, -0.25) is 9.13 Å². The summed E-state index contributed by atoms with van der Waals surface area (Å²) in [4.78, 5) is 20.9. The van der Waals surface area contributed by atoms with Crippen LogP contribution in [0.5, 0.6) is 0 Å². The van der Waals surface area contributed by atoms with Crippen LogP contribution in [-0.4, -0.2) is 39.3 Å². The Labute approximate surface area is 364 Å². The topological polar surface area (TPSA) is 87.2 Å². The van der Waals surface area contributed by atoms with Gasteiger partial charge in [-0.1, -0.05) is 169 Å². The Kier molecular flexibility index (Phi) is 7.91. The Bertz CT molecular complexity index is 3670. The summed E-state index contributed by atoms with van der Waals surface area (Å²) in [6.07, 6.45) is 0. The van der Waals surface area contributed by atoms with Crippen molar-refractivity contribution in [3.63, 3.8) is 0 Å². The maximum Gasteiger partial charge on any atom is 0.235 e. The van der Waals surface area contributed by atoms with Crippen molar-refractivity contribution in [1.29, 1.82) is 0 Å². The zero-order valence-corrected chi connectivity index (χ0v) is 34.3. The molecule has 5 heterocycles. The molecule has 294 valence electrons. The van der Waals surface area contributed by atoms with Crippen LogP contribution in [-0.2, 0) is 0 Å². The van der Waals surface area contributed by atoms with Crippen LogP contribution >= 0.6 is 11.3 Å². The molecule has 13 aromatic rings. The fourth-order valence-corrected chi connectivity index (χ4v) is 9.89. The highest BCUT2D eigenvalue weighted by Gasteiger charge is 2.21. The molecule has 0 N–H and O–H groups in total. The minimum Gasteiger partial charge on any atom is -0.278 e. The average molecular weight is 825 g/mol. The van der Waals surface area contributed by atoms with Gasteiger partial charge in [0.25, 0.3) is 0 Å². The van der Waals surface area contributed by atoms with Crippen LogP contribution in [0.25, 0.3) is 121 Å². The first kappa shape index (κ1) is 35.4. The summed E-state index contributed by atoms with van der Waals surface area (Å²) in [7, 11) is 0. The molecule has 0 atom stereocenters. The summed E-state index contributed by atoms with van der Waals surface area (Å²) >= 11 is 1.57. The van der Waals surface area contributed by atoms with E-state index in [-0.39, 0.29) is 0 Å². The van der Waals surface area contributed by atoms with Gasteiger partial charge in [-0.2, -0.15) is 0 Å². The number of hydrogen-bond donors (Lipinski definition) is 0. The Morgan fingerprint density at radius 1 is 0.302 bits per heavy atom. The van der Waals surface area contributed by atoms with Crippen molar-refractivity contribution >= 4 is 76.8 Å². The lowest BCUT2D eigenvalue weighted by Crippen LogP contribution is -2.03. The molecule has 0 saturated carbocycles. The van der Waals surface area contributed by atoms with Crippen molar-refractivity contribution in [3.05, 3.63) is 194 Å². The van der Waals surface area contributed by atoms with Gasteiger partial charge in [0.1, 0.15) is 10.0 Å². The molecule has 0 unspecified atom stereocenters. The first-order valence-corrected chi connectivity index (χ1v) is 21.6. The van der Waals surface area contributed by atoms with Crippen LogP contribution in [0, 0.1) is 0 Å². The lowest BCUT2D eigenvalue weighted by Gasteiger charge is -2.12. The van der Waals surface area contributed by atoms with E-state index in [0.717, 1.165) is 109 Å². The quantitative estimate of drug-likeness (QED) is 0.166. The van der Waals surface area contributed by atoms with E-state index in [9.17, 15) is 0 Å². The Morgan fingerprint density at radius 3 is 1.14 bits per heavy atom. The second kappa shape index (κ2) is 14.1. The fraction of sp³-hybridized carbons (Fsp3) is 0. The number of hydrogen-bond acceptors (Lipinski definition) is 7. The standard InChI is InChI=1S/C54H32N8S/c1-3-15-33(16-4-1)49-41-21-7-11-23-43(41)55-53(57-49)61-45-25-13-9-19-37(45)39-29-27-35(31-47(39)61)51-59-60-52(63-51)36-28-30-40-38-20-10-14-26-46(38)62(48(40)32-36)54-56-44-24-12-8-22-42(44)50(58-54)34-17-5-2-6-18-34/h1-32H. The Hall–Kier alpha value is -8.40. The summed E-state index contributed by atoms with van der Waals surface area (Å²) in [6, 6.07) is 67.1. The number of fused-ring (bicyclic) bond motifs is 8. The van der Waals surface area contributed by atoms with Gasteiger partial charge < -0.3 is 0 Å². The SMILES string of the molecule is c1ccc(-c2nc(-n3c4ccccc4c4ccc(-c5nnc(-c6ccc7c8ccccc8n(-c8nc(-c9ccccc9)c9ccccc9n8)c7c6)s5)cc43)nc3ccccc23)cc1. The third-order valence-corrected chi connectivity index (χ3v) is 13.0. The third-order valence-electron chi connectivity index (χ3n) is 11.9. The molecule has 0 amide bonds. The van der Waals surface area contributed by atoms with Crippen molar-refractivity contribution in [2.45, 2.75) is 0 Å². The molecule has 9 heteroatoms. The van der Waals surface area contributed by atoms with E-state index in [1.54, 1.807) is 11.3 Å². The van der Waals surface area contributed by atoms with E-state index >= 15 is 0 Å². The Balaban J connectivity index is 0.954. The maximum absolute atomic E-state index is 5.28. The predicted octanol–water partition coefficient (Wildman–Crippen LogP) is 13.3. The number of para-hydroxylation sites is 4. The minimum atomic E-state index is 0.615. The molecular weight excluding hydrogens is 793 g/mol. The molecule has 0 aliphatic carbocycles. The molecular formula is C54H32N8S. The number of benzene rings is 8. The highest BCUT2D eigenvalue weighted by Crippen LogP contribution is 2.40. The Morgan fingerprint density at radius 2 is 0.683 bits per heavy atom. The van der Waals surface area contributed by atoms with Gasteiger partial charge in [-0.25, -0.2) is 19.9 Å². The molecule has 0 saturated heterocycles. The molecule has 0 spiro atoms. The summed E-state index contributed by atoms with van der Waals surface area (Å²) in [5.74, 6) is 1.23. The van der Waals surface area contributed by atoms with E-state index in [0.29, 0.717) is 11.9 Å². The number of nitrogens with zero attached hydrogens (tertiary/aromatic N) is 8. The molecule has 8 aromatic carbocycles. The summed E-state index contributed by atoms with van der Waals surface area (Å²) in [5, 5.41) is 17.7. The summed E-state index contributed by atoms with van der Waals surface area (Å²) in [5.41, 5.74) is 11.6. The molecule has 0 aliphatic heterocycles. The normalized spacial score (nSPS) is 11.8. The molecule has 63 heavy (non-hydrogen) atoms. The molecule has 0 radical (unpaired) electrons. The zero-order valence-electron chi connectivity index (χ0n) is 33.5. The first-order chi connectivity index (χ1) is 31.2. The van der Waals surface area contributed by atoms with Crippen molar-refractivity contribution in [1.82, 2.24) is 39.3 Å². The highest BCUT2D eigenvalue weighted by molar-refractivity contribution is 7.17. The van der Waals surface area contributed by atoms with Crippen molar-refractivity contribution < 1.29 is 0 Å². The van der Waals surface area contributed by atoms with Gasteiger partial charge in [0, 0.05) is 54.6 Å². The lowest BCUT2D eigenvalue weighted by atomic mass is 10.1. The van der Waals surface area contributed by atoms with Crippen LogP contribution in [0.15, 0.2) is 194 Å². The smallest absolute Gasteiger partial charge is 0.235 e. The molecule has 13 rings (SSSR count). The van der Waals surface area contributed by atoms with E-state index in [1.165, 1.54) is 0 Å². The highest BCUT2D eigenvalue weighted by atomic mass is 32.1. The molecule has 0 aliphatic rings. The molecule has 0 fully saturated rings. The van der Waals surface area contributed by atoms with E-state index in [2.05, 4.69) is 143 Å². The first-order valence-electron chi connectivity index (χ1n) is 20.8. The lowest BCUT2D eigenvalue weighted by molar-refractivity contribution is 1.01. The average Bonchev–Trinajstić information content (AvgIpc) is 4.07. The van der Waals surface area contributed by atoms with Crippen LogP contribution in [0.1, 0.15) is 0 Å². The molecule has 0 bridgehead atoms. The van der Waals surface area contributed by atoms with Gasteiger partial charge >= 0.3 is 0 Å². The monoisotopic (exact) mass is 824 g/mol. The van der Waals surface area contributed by atoms with Gasteiger partial charge in [0.15, 0.2) is 0 Å². The van der Waals surface area contributed by atoms with Crippen LogP contribution < -0.4 is 0 Å². The number of rotatable bonds is 6. The fourth-order valence-electron chi connectivity index (χ4n) is 9.06.